The van der Waals surface area contributed by atoms with Crippen molar-refractivity contribution in [3.8, 4) is 0 Å². The van der Waals surface area contributed by atoms with Crippen molar-refractivity contribution >= 4 is 41.5 Å². The summed E-state index contributed by atoms with van der Waals surface area (Å²) in [5.74, 6) is 1.00. The molecule has 1 aromatic rings. The molecule has 1 fully saturated rings. The molecular formula is C12H18BBr2N2O+. The van der Waals surface area contributed by atoms with Crippen molar-refractivity contribution < 1.29 is 13.6 Å². The molecule has 0 saturated carbocycles. The lowest BCUT2D eigenvalue weighted by Crippen LogP contribution is -2.55. The van der Waals surface area contributed by atoms with Gasteiger partial charge in [0.2, 0.25) is 0 Å². The van der Waals surface area contributed by atoms with E-state index in [1.54, 1.807) is 0 Å². The maximum absolute atomic E-state index is 6.01. The van der Waals surface area contributed by atoms with E-state index in [4.69, 9.17) is 4.65 Å². The average molecular weight is 377 g/mol. The van der Waals surface area contributed by atoms with Crippen LogP contribution in [0.5, 0.6) is 0 Å². The van der Waals surface area contributed by atoms with Crippen LogP contribution in [0.4, 0.5) is 0 Å². The van der Waals surface area contributed by atoms with Crippen molar-refractivity contribution in [1.29, 1.82) is 0 Å². The van der Waals surface area contributed by atoms with E-state index < -0.39 is 4.13 Å². The molecule has 3 nitrogen and oxygen atoms in total. The zero-order valence-corrected chi connectivity index (χ0v) is 14.1. The van der Waals surface area contributed by atoms with Gasteiger partial charge in [-0.25, -0.2) is 36.1 Å². The molecule has 1 heterocycles. The third-order valence-corrected chi connectivity index (χ3v) is 5.74. The van der Waals surface area contributed by atoms with Gasteiger partial charge in [-0.2, -0.15) is 0 Å². The third-order valence-electron chi connectivity index (χ3n) is 3.39. The number of hydrogen-bond acceptors (Lipinski definition) is 1. The van der Waals surface area contributed by atoms with Gasteiger partial charge in [0.25, 0.3) is 0 Å². The Morgan fingerprint density at radius 3 is 2.39 bits per heavy atom. The molecule has 1 saturated heterocycles. The molecule has 0 N–H and O–H groups in total. The average Bonchev–Trinajstić information content (AvgIpc) is 2.51. The molecule has 0 spiro atoms. The lowest BCUT2D eigenvalue weighted by molar-refractivity contribution is -0.809. The Morgan fingerprint density at radius 2 is 1.89 bits per heavy atom. The SMILES string of the molecule is C[N+](C)=C1C[N+](C)(Cc2ccccc2)[B-](Br)(Br)O1. The van der Waals surface area contributed by atoms with Gasteiger partial charge >= 0.3 is 10.0 Å². The first kappa shape index (κ1) is 14.1. The Hall–Kier alpha value is -0.325. The molecular weight excluding hydrogens is 359 g/mol. The quantitative estimate of drug-likeness (QED) is 0.570. The summed E-state index contributed by atoms with van der Waals surface area (Å²) in [6, 6.07) is 10.5. The van der Waals surface area contributed by atoms with Crippen LogP contribution in [0.15, 0.2) is 30.3 Å². The van der Waals surface area contributed by atoms with Crippen LogP contribution in [0.25, 0.3) is 0 Å². The highest BCUT2D eigenvalue weighted by atomic mass is 79.9. The van der Waals surface area contributed by atoms with Gasteiger partial charge < -0.3 is 9.05 Å². The lowest BCUT2D eigenvalue weighted by atomic mass is 10.1. The fourth-order valence-electron chi connectivity index (χ4n) is 2.15. The van der Waals surface area contributed by atoms with E-state index in [1.807, 2.05) is 24.7 Å². The Labute approximate surface area is 125 Å². The summed E-state index contributed by atoms with van der Waals surface area (Å²) in [4.78, 5) is 0. The molecule has 6 heteroatoms. The zero-order valence-electron chi connectivity index (χ0n) is 10.9. The van der Waals surface area contributed by atoms with Crippen LogP contribution in [0.2, 0.25) is 0 Å². The summed E-state index contributed by atoms with van der Waals surface area (Å²) >= 11 is 7.43. The van der Waals surface area contributed by atoms with E-state index in [2.05, 4.69) is 62.8 Å². The van der Waals surface area contributed by atoms with Crippen LogP contribution in [-0.2, 0) is 11.2 Å². The fraction of sp³-hybridized carbons (Fsp3) is 0.417. The molecule has 1 aromatic carbocycles. The van der Waals surface area contributed by atoms with Crippen molar-refractivity contribution in [2.45, 2.75) is 6.54 Å². The Morgan fingerprint density at radius 1 is 1.28 bits per heavy atom. The van der Waals surface area contributed by atoms with Crippen molar-refractivity contribution in [2.24, 2.45) is 0 Å². The highest BCUT2D eigenvalue weighted by molar-refractivity contribution is 9.50. The number of rotatable bonds is 2. The van der Waals surface area contributed by atoms with Gasteiger partial charge in [-0.3, -0.25) is 0 Å². The van der Waals surface area contributed by atoms with Gasteiger partial charge in [0.15, 0.2) is 6.54 Å². The minimum Gasteiger partial charge on any atom is -0.598 e. The van der Waals surface area contributed by atoms with Crippen LogP contribution in [0.3, 0.4) is 0 Å². The summed E-state index contributed by atoms with van der Waals surface area (Å²) < 4.78 is 7.56. The predicted octanol–water partition coefficient (Wildman–Crippen LogP) is 2.56. The van der Waals surface area contributed by atoms with E-state index >= 15 is 0 Å². The third kappa shape index (κ3) is 2.65. The smallest absolute Gasteiger partial charge is 0.513 e. The number of halogens is 2. The highest BCUT2D eigenvalue weighted by Crippen LogP contribution is 2.39. The topological polar surface area (TPSA) is 12.2 Å². The fourth-order valence-corrected chi connectivity index (χ4v) is 3.16. The Kier molecular flexibility index (Phi) is 3.90. The summed E-state index contributed by atoms with van der Waals surface area (Å²) in [7, 11) is 6.23. The summed E-state index contributed by atoms with van der Waals surface area (Å²) in [5, 5.41) is 0. The normalized spacial score (nSPS) is 25.9. The van der Waals surface area contributed by atoms with Crippen LogP contribution in [-0.4, -0.2) is 46.7 Å². The molecule has 0 bridgehead atoms. The van der Waals surface area contributed by atoms with E-state index in [-0.39, 0.29) is 0 Å². The molecule has 18 heavy (non-hydrogen) atoms. The second-order valence-corrected chi connectivity index (χ2v) is 8.96. The standard InChI is InChI=1S/C12H18BBr2N2O/c1-16(2)12-10-17(3,13(14,15)18-12)9-11-7-5-4-6-8-11/h4-8H,9-10H2,1-3H3/q+1. The molecule has 1 aliphatic rings. The number of benzene rings is 1. The van der Waals surface area contributed by atoms with E-state index in [0.29, 0.717) is 0 Å². The van der Waals surface area contributed by atoms with Gasteiger partial charge in [0.05, 0.1) is 6.54 Å². The van der Waals surface area contributed by atoms with Gasteiger partial charge in [-0.15, -0.1) is 0 Å². The number of nitrogens with zero attached hydrogens (tertiary/aromatic N) is 2. The predicted molar refractivity (Wildman–Crippen MR) is 83.0 cm³/mol. The number of likely N-dealkylation sites (N-methyl/N-ethyl adjacent to an activating group) is 1. The van der Waals surface area contributed by atoms with E-state index in [0.717, 1.165) is 23.4 Å². The molecule has 2 rings (SSSR count). The number of quaternary nitrogens is 1. The minimum atomic E-state index is -1.26. The van der Waals surface area contributed by atoms with Gasteiger partial charge in [0, 0.05) is 12.6 Å². The van der Waals surface area contributed by atoms with Gasteiger partial charge in [-0.1, -0.05) is 30.3 Å². The van der Waals surface area contributed by atoms with Crippen molar-refractivity contribution in [2.75, 3.05) is 27.7 Å². The first-order valence-corrected chi connectivity index (χ1v) is 7.78. The second kappa shape index (κ2) is 4.98. The largest absolute Gasteiger partial charge is 0.598 e. The van der Waals surface area contributed by atoms with Gasteiger partial charge in [-0.05, 0) is 0 Å². The first-order valence-electron chi connectivity index (χ1n) is 5.95. The number of hydrogen-bond donors (Lipinski definition) is 0. The van der Waals surface area contributed by atoms with Gasteiger partial charge in [0.1, 0.15) is 14.1 Å². The maximum Gasteiger partial charge on any atom is 0.513 e. The van der Waals surface area contributed by atoms with Crippen LogP contribution in [0.1, 0.15) is 5.56 Å². The Bertz CT molecular complexity index is 474. The van der Waals surface area contributed by atoms with E-state index in [1.165, 1.54) is 5.56 Å². The molecule has 0 aliphatic carbocycles. The second-order valence-electron chi connectivity index (χ2n) is 5.25. The van der Waals surface area contributed by atoms with Crippen LogP contribution >= 0.6 is 31.5 Å². The van der Waals surface area contributed by atoms with Crippen molar-refractivity contribution in [3.63, 3.8) is 0 Å². The summed E-state index contributed by atoms with van der Waals surface area (Å²) in [6.45, 7) is 1.80. The molecule has 98 valence electrons. The van der Waals surface area contributed by atoms with Crippen molar-refractivity contribution in [3.05, 3.63) is 35.9 Å². The monoisotopic (exact) mass is 375 g/mol. The highest BCUT2D eigenvalue weighted by Gasteiger charge is 2.52. The molecule has 1 atom stereocenters. The molecule has 0 aromatic heterocycles. The van der Waals surface area contributed by atoms with Crippen molar-refractivity contribution in [1.82, 2.24) is 0 Å². The zero-order chi connectivity index (χ0) is 13.4. The maximum atomic E-state index is 6.01. The molecule has 0 amide bonds. The lowest BCUT2D eigenvalue weighted by Gasteiger charge is -2.43. The minimum absolute atomic E-state index is 0.775. The Balaban J connectivity index is 2.28. The molecule has 1 aliphatic heterocycles. The van der Waals surface area contributed by atoms with E-state index in [9.17, 15) is 0 Å². The first-order chi connectivity index (χ1) is 8.34. The summed E-state index contributed by atoms with van der Waals surface area (Å²) in [6.07, 6.45) is 0. The van der Waals surface area contributed by atoms with Crippen LogP contribution in [0, 0.1) is 0 Å². The summed E-state index contributed by atoms with van der Waals surface area (Å²) in [5.41, 5.74) is 1.31. The molecule has 0 radical (unpaired) electrons. The molecule has 1 unspecified atom stereocenters. The van der Waals surface area contributed by atoms with Crippen LogP contribution < -0.4 is 0 Å².